The van der Waals surface area contributed by atoms with Crippen molar-refractivity contribution in [1.82, 2.24) is 9.13 Å². The Morgan fingerprint density at radius 1 is 0.549 bits per heavy atom. The van der Waals surface area contributed by atoms with E-state index in [1.165, 1.54) is 82.7 Å². The van der Waals surface area contributed by atoms with Crippen LogP contribution < -0.4 is 9.80 Å². The predicted octanol–water partition coefficient (Wildman–Crippen LogP) is 21.0. The molecule has 2 aromatic heterocycles. The summed E-state index contributed by atoms with van der Waals surface area (Å²) in [5, 5.41) is 4.93. The van der Waals surface area contributed by atoms with Crippen molar-refractivity contribution in [2.45, 2.75) is 51.9 Å². The Morgan fingerprint density at radius 2 is 1.21 bits per heavy atom. The van der Waals surface area contributed by atoms with Crippen molar-refractivity contribution in [2.24, 2.45) is 0 Å². The van der Waals surface area contributed by atoms with Gasteiger partial charge in [-0.1, -0.05) is 170 Å². The molecule has 1 unspecified atom stereocenters. The van der Waals surface area contributed by atoms with Crippen LogP contribution in [0.4, 0.5) is 28.4 Å². The highest BCUT2D eigenvalue weighted by Gasteiger charge is 2.47. The zero-order valence-electron chi connectivity index (χ0n) is 46.9. The molecule has 0 saturated carbocycles. The lowest BCUT2D eigenvalue weighted by Gasteiger charge is -2.37. The van der Waals surface area contributed by atoms with Crippen molar-refractivity contribution in [3.63, 3.8) is 0 Å². The maximum atomic E-state index is 4.72. The second kappa shape index (κ2) is 20.6. The second-order valence-electron chi connectivity index (χ2n) is 22.2. The molecule has 82 heavy (non-hydrogen) atoms. The lowest BCUT2D eigenvalue weighted by molar-refractivity contribution is 0.609. The zero-order valence-corrected chi connectivity index (χ0v) is 46.9. The third-order valence-corrected chi connectivity index (χ3v) is 17.3. The fraction of sp³-hybridized carbons (Fsp3) is 0.103. The number of para-hydroxylation sites is 3. The van der Waals surface area contributed by atoms with Gasteiger partial charge in [-0.15, -0.1) is 0 Å². The normalized spacial score (nSPS) is 18.6. The Morgan fingerprint density at radius 3 is 1.94 bits per heavy atom. The molecule has 0 aliphatic heterocycles. The van der Waals surface area contributed by atoms with E-state index in [0.29, 0.717) is 6.42 Å². The summed E-state index contributed by atoms with van der Waals surface area (Å²) in [5.74, 6) is 0. The van der Waals surface area contributed by atoms with Crippen molar-refractivity contribution in [1.29, 1.82) is 0 Å². The van der Waals surface area contributed by atoms with Crippen LogP contribution in [0.2, 0.25) is 0 Å². The fourth-order valence-corrected chi connectivity index (χ4v) is 13.6. The molecule has 0 N–H and O–H groups in total. The molecule has 0 bridgehead atoms. The van der Waals surface area contributed by atoms with Crippen molar-refractivity contribution in [3.05, 3.63) is 324 Å². The van der Waals surface area contributed by atoms with Gasteiger partial charge >= 0.3 is 0 Å². The number of aromatic nitrogens is 2. The van der Waals surface area contributed by atoms with Gasteiger partial charge in [0.05, 0.1) is 22.1 Å². The van der Waals surface area contributed by atoms with E-state index >= 15 is 0 Å². The largest absolute Gasteiger partial charge is 0.313 e. The summed E-state index contributed by atoms with van der Waals surface area (Å²) >= 11 is 0. The molecule has 0 saturated heterocycles. The number of rotatable bonds is 10. The number of hydrogen-bond donors (Lipinski definition) is 0. The first-order chi connectivity index (χ1) is 40.3. The van der Waals surface area contributed by atoms with Crippen LogP contribution in [0.25, 0.3) is 60.6 Å². The SMILES string of the molecule is C=C/C1=C(\C=C/C)C(=C)/C=C\C=C/CC12C1=C(C=CC(N(c3ccccc3)c3ccc4c(c3)c3ccccc3n4C3=CC=CCC3)=CC1)c1ccc(N(c3ccccc3)c3ccc4c(c3)c3ccc(C)cc3n4-c3ccc(C)cc3)cc12. The summed E-state index contributed by atoms with van der Waals surface area (Å²) in [6, 6.07) is 67.6. The monoisotopic (exact) mass is 1060 g/mol. The minimum Gasteiger partial charge on any atom is -0.313 e. The van der Waals surface area contributed by atoms with Gasteiger partial charge in [0, 0.05) is 72.5 Å². The van der Waals surface area contributed by atoms with Gasteiger partial charge in [0.25, 0.3) is 0 Å². The summed E-state index contributed by atoms with van der Waals surface area (Å²) in [4.78, 5) is 4.89. The Bertz CT molecular complexity index is 4550. The Kier molecular flexibility index (Phi) is 12.7. The third-order valence-electron chi connectivity index (χ3n) is 17.3. The number of benzene rings is 8. The smallest absolute Gasteiger partial charge is 0.0543 e. The molecule has 0 radical (unpaired) electrons. The number of allylic oxidation sites excluding steroid dienone is 19. The van der Waals surface area contributed by atoms with Crippen molar-refractivity contribution in [3.8, 4) is 5.69 Å². The number of aryl methyl sites for hydroxylation is 2. The maximum absolute atomic E-state index is 4.72. The lowest BCUT2D eigenvalue weighted by atomic mass is 9.66. The summed E-state index contributed by atoms with van der Waals surface area (Å²) < 4.78 is 4.89. The molecule has 4 aliphatic rings. The molecule has 0 amide bonds. The van der Waals surface area contributed by atoms with E-state index in [1.54, 1.807) is 0 Å². The fourth-order valence-electron chi connectivity index (χ4n) is 13.6. The first kappa shape index (κ1) is 50.3. The maximum Gasteiger partial charge on any atom is 0.0543 e. The van der Waals surface area contributed by atoms with Gasteiger partial charge in [-0.25, -0.2) is 0 Å². The summed E-state index contributed by atoms with van der Waals surface area (Å²) in [5.41, 5.74) is 24.0. The van der Waals surface area contributed by atoms with E-state index in [-0.39, 0.29) is 0 Å². The third kappa shape index (κ3) is 8.28. The quantitative estimate of drug-likeness (QED) is 0.136. The van der Waals surface area contributed by atoms with Gasteiger partial charge in [0.2, 0.25) is 0 Å². The average Bonchev–Trinajstić information content (AvgIpc) is 2.54. The molecule has 396 valence electrons. The van der Waals surface area contributed by atoms with Crippen molar-refractivity contribution < 1.29 is 0 Å². The minimum absolute atomic E-state index is 0.619. The summed E-state index contributed by atoms with van der Waals surface area (Å²) in [7, 11) is 0. The zero-order chi connectivity index (χ0) is 55.5. The Hall–Kier alpha value is -9.90. The van der Waals surface area contributed by atoms with E-state index in [4.69, 9.17) is 6.58 Å². The molecule has 4 nitrogen and oxygen atoms in total. The lowest BCUT2D eigenvalue weighted by Crippen LogP contribution is -2.30. The molecular formula is C78H64N4. The second-order valence-corrected chi connectivity index (χ2v) is 22.2. The minimum atomic E-state index is -0.619. The molecule has 1 atom stereocenters. The van der Waals surface area contributed by atoms with Crippen molar-refractivity contribution >= 4 is 83.3 Å². The number of fused-ring (bicyclic) bond motifs is 10. The summed E-state index contributed by atoms with van der Waals surface area (Å²) in [6.45, 7) is 15.8. The van der Waals surface area contributed by atoms with E-state index in [9.17, 15) is 0 Å². The van der Waals surface area contributed by atoms with Crippen LogP contribution in [0.3, 0.4) is 0 Å². The molecule has 0 fully saturated rings. The van der Waals surface area contributed by atoms with Crippen LogP contribution in [0, 0.1) is 13.8 Å². The van der Waals surface area contributed by atoms with Gasteiger partial charge in [0.1, 0.15) is 0 Å². The van der Waals surface area contributed by atoms with E-state index in [0.717, 1.165) is 75.8 Å². The number of nitrogens with zero attached hydrogens (tertiary/aromatic N) is 4. The van der Waals surface area contributed by atoms with Crippen LogP contribution in [0.5, 0.6) is 0 Å². The van der Waals surface area contributed by atoms with Gasteiger partial charge in [-0.3, -0.25) is 0 Å². The van der Waals surface area contributed by atoms with Crippen LogP contribution in [0.1, 0.15) is 54.9 Å². The van der Waals surface area contributed by atoms with Crippen molar-refractivity contribution in [2.75, 3.05) is 9.80 Å². The van der Waals surface area contributed by atoms with Crippen LogP contribution in [-0.2, 0) is 5.41 Å². The van der Waals surface area contributed by atoms with Gasteiger partial charge < -0.3 is 18.9 Å². The van der Waals surface area contributed by atoms with Gasteiger partial charge in [0.15, 0.2) is 0 Å². The number of anilines is 5. The molecule has 1 spiro atoms. The molecule has 2 heterocycles. The van der Waals surface area contributed by atoms with Crippen LogP contribution in [0.15, 0.2) is 302 Å². The standard InChI is InChI=1S/C78H64N4/c1-6-22-64-55(5)23-12-11-21-48-78(71(64)7-2)72-45-39-59(79(56-24-13-8-14-25-56)61-40-46-75-69(50-61)67-30-19-20-31-74(67)81(75)58-28-17-10-18-29-58)37-43-65(72)66-44-38-63(52-73(66)78)80(57-26-15-9-16-27-57)62-41-47-76-70(51-62)68-42-34-54(4)49-77(68)82(76)60-35-32-53(3)33-36-60/h6-17,19-28,30-44,46-47,49-52H,2,5,18,29,45,48H2,1,3-4H3/b21-11-,22-6-,23-12-,71-64-. The van der Waals surface area contributed by atoms with Crippen LogP contribution in [-0.4, -0.2) is 9.13 Å². The molecule has 8 aromatic carbocycles. The predicted molar refractivity (Wildman–Crippen MR) is 350 cm³/mol. The Labute approximate surface area is 481 Å². The molecule has 4 aliphatic carbocycles. The molecule has 4 heteroatoms. The highest BCUT2D eigenvalue weighted by molar-refractivity contribution is 6.12. The van der Waals surface area contributed by atoms with Gasteiger partial charge in [-0.2, -0.15) is 0 Å². The number of hydrogen-bond acceptors (Lipinski definition) is 2. The highest BCUT2D eigenvalue weighted by atomic mass is 15.2. The first-order valence-corrected chi connectivity index (χ1v) is 28.8. The average molecular weight is 1060 g/mol. The summed E-state index contributed by atoms with van der Waals surface area (Å²) in [6.07, 6.45) is 32.8. The van der Waals surface area contributed by atoms with E-state index in [2.05, 4.69) is 307 Å². The topological polar surface area (TPSA) is 16.3 Å². The van der Waals surface area contributed by atoms with E-state index < -0.39 is 5.41 Å². The van der Waals surface area contributed by atoms with Gasteiger partial charge in [-0.05, 0) is 200 Å². The van der Waals surface area contributed by atoms with E-state index in [1.807, 2.05) is 0 Å². The molecular weight excluding hydrogens is 993 g/mol. The molecule has 14 rings (SSSR count). The molecule has 10 aromatic rings. The highest BCUT2D eigenvalue weighted by Crippen LogP contribution is 2.59. The van der Waals surface area contributed by atoms with Crippen LogP contribution >= 0.6 is 0 Å². The Balaban J connectivity index is 0.951. The first-order valence-electron chi connectivity index (χ1n) is 28.8.